The van der Waals surface area contributed by atoms with Crippen LogP contribution in [0, 0.1) is 0 Å². The van der Waals surface area contributed by atoms with Gasteiger partial charge in [0.25, 0.3) is 0 Å². The summed E-state index contributed by atoms with van der Waals surface area (Å²) in [5, 5.41) is 14.1. The quantitative estimate of drug-likeness (QED) is 0.265. The molecule has 133 valence electrons. The number of rotatable bonds is 4. The number of piperidine rings is 1. The first-order chi connectivity index (χ1) is 11.8. The van der Waals surface area contributed by atoms with E-state index in [9.17, 15) is 5.11 Å². The van der Waals surface area contributed by atoms with Gasteiger partial charge >= 0.3 is 16.5 Å². The van der Waals surface area contributed by atoms with E-state index in [2.05, 4.69) is 9.89 Å². The normalized spacial score (nSPS) is 14.4. The van der Waals surface area contributed by atoms with Crippen LogP contribution in [-0.2, 0) is 16.5 Å². The molecule has 2 aromatic carbocycles. The number of benzene rings is 2. The summed E-state index contributed by atoms with van der Waals surface area (Å²) in [6.07, 6.45) is 5.72. The van der Waals surface area contributed by atoms with Crippen LogP contribution in [-0.4, -0.2) is 37.3 Å². The van der Waals surface area contributed by atoms with E-state index >= 15 is 0 Å². The fourth-order valence-corrected chi connectivity index (χ4v) is 2.95. The van der Waals surface area contributed by atoms with Crippen molar-refractivity contribution in [3.63, 3.8) is 0 Å². The van der Waals surface area contributed by atoms with Crippen molar-refractivity contribution in [1.29, 1.82) is 0 Å². The predicted molar refractivity (Wildman–Crippen MR) is 96.2 cm³/mol. The van der Waals surface area contributed by atoms with Crippen LogP contribution in [0.25, 0.3) is 26.7 Å². The summed E-state index contributed by atoms with van der Waals surface area (Å²) in [5.41, 5.74) is 14.2. The van der Waals surface area contributed by atoms with Crippen LogP contribution < -0.4 is 5.11 Å². The summed E-state index contributed by atoms with van der Waals surface area (Å²) >= 11 is 0. The third-order valence-electron chi connectivity index (χ3n) is 4.15. The summed E-state index contributed by atoms with van der Waals surface area (Å²) in [7, 11) is 0. The summed E-state index contributed by atoms with van der Waals surface area (Å²) < 4.78 is 0. The van der Waals surface area contributed by atoms with Gasteiger partial charge in [-0.05, 0) is 42.3 Å². The van der Waals surface area contributed by atoms with Gasteiger partial charge in [-0.2, -0.15) is 0 Å². The van der Waals surface area contributed by atoms with Crippen molar-refractivity contribution in [2.75, 3.05) is 26.2 Å². The molecule has 0 atom stereocenters. The van der Waals surface area contributed by atoms with Crippen LogP contribution in [0.15, 0.2) is 41.4 Å². The van der Waals surface area contributed by atoms with Gasteiger partial charge in [0.1, 0.15) is 0 Å². The first kappa shape index (κ1) is 21.0. The average Bonchev–Trinajstić information content (AvgIpc) is 2.62. The first-order valence-corrected chi connectivity index (χ1v) is 8.15. The minimum Gasteiger partial charge on any atom is -0.872 e. The van der Waals surface area contributed by atoms with Gasteiger partial charge in [-0.3, -0.25) is 9.90 Å². The maximum atomic E-state index is 12.0. The number of aliphatic imine (C=N–C) groups is 1. The smallest absolute Gasteiger partial charge is 0.872 e. The number of hydrogen-bond acceptors (Lipinski definition) is 3. The third kappa shape index (κ3) is 6.39. The molecule has 2 aromatic rings. The Labute approximate surface area is 157 Å². The number of fused-ring (bicyclic) bond motifs is 1. The van der Waals surface area contributed by atoms with Gasteiger partial charge in [-0.25, -0.2) is 0 Å². The van der Waals surface area contributed by atoms with Gasteiger partial charge in [-0.1, -0.05) is 48.6 Å². The van der Waals surface area contributed by atoms with Gasteiger partial charge in [-0.15, -0.1) is 0 Å². The standard InChI is InChI=1S/C18H22N2O.N3.Ni/c21-18-9-8-15-6-2-3-7-16(15)17(18)14-19-10-13-20-11-4-1-5-12-20;1-3-2;/h2-3,6-9,14,21H,1,4-5,10-13H2;;/q;-1;+3/p-1. The average molecular weight is 382 g/mol. The maximum Gasteiger partial charge on any atom is 3.00 e. The predicted octanol–water partition coefficient (Wildman–Crippen LogP) is 3.68. The summed E-state index contributed by atoms with van der Waals surface area (Å²) in [6.45, 7) is 4.14. The number of likely N-dealkylation sites (tertiary alicyclic amines) is 1. The molecule has 1 aliphatic heterocycles. The molecule has 0 amide bonds. The van der Waals surface area contributed by atoms with Gasteiger partial charge in [0.05, 0.1) is 6.54 Å². The Morgan fingerprint density at radius 2 is 1.76 bits per heavy atom. The summed E-state index contributed by atoms with van der Waals surface area (Å²) in [4.78, 5) is 8.44. The SMILES string of the molecule is [N-]=[N+]=[N-].[Ni+3].[O-]c1ccc2ccccc2c1C=NCCN1CCCCC1. The van der Waals surface area contributed by atoms with Crippen molar-refractivity contribution in [1.82, 2.24) is 4.90 Å². The van der Waals surface area contributed by atoms with Crippen LogP contribution in [0.3, 0.4) is 0 Å². The molecule has 0 aromatic heterocycles. The fourth-order valence-electron chi connectivity index (χ4n) is 2.95. The molecular formula is C18H21N5NiO+. The Morgan fingerprint density at radius 3 is 2.48 bits per heavy atom. The molecule has 0 bridgehead atoms. The zero-order valence-corrected chi connectivity index (χ0v) is 14.9. The van der Waals surface area contributed by atoms with E-state index in [1.807, 2.05) is 30.3 Å². The summed E-state index contributed by atoms with van der Waals surface area (Å²) in [6, 6.07) is 11.5. The minimum absolute atomic E-state index is 0. The van der Waals surface area contributed by atoms with E-state index < -0.39 is 0 Å². The van der Waals surface area contributed by atoms with E-state index in [1.165, 1.54) is 37.3 Å². The van der Waals surface area contributed by atoms with Gasteiger partial charge < -0.3 is 21.1 Å². The second kappa shape index (κ2) is 11.5. The van der Waals surface area contributed by atoms with Gasteiger partial charge in [0, 0.05) is 12.8 Å². The molecule has 0 unspecified atom stereocenters. The van der Waals surface area contributed by atoms with Gasteiger partial charge in [0.15, 0.2) is 0 Å². The van der Waals surface area contributed by atoms with Crippen LogP contribution >= 0.6 is 0 Å². The molecule has 1 radical (unpaired) electrons. The second-order valence-corrected chi connectivity index (χ2v) is 5.73. The number of hydrogen-bond donors (Lipinski definition) is 0. The molecule has 6 nitrogen and oxygen atoms in total. The van der Waals surface area contributed by atoms with Crippen LogP contribution in [0.4, 0.5) is 0 Å². The van der Waals surface area contributed by atoms with E-state index in [-0.39, 0.29) is 22.2 Å². The minimum atomic E-state index is 0. The Morgan fingerprint density at radius 1 is 1.08 bits per heavy atom. The van der Waals surface area contributed by atoms with Crippen molar-refractivity contribution >= 4 is 17.0 Å². The zero-order valence-electron chi connectivity index (χ0n) is 14.0. The van der Waals surface area contributed by atoms with Crippen molar-refractivity contribution in [3.05, 3.63) is 57.9 Å². The van der Waals surface area contributed by atoms with Crippen molar-refractivity contribution in [2.24, 2.45) is 4.99 Å². The largest absolute Gasteiger partial charge is 3.00 e. The van der Waals surface area contributed by atoms with Crippen molar-refractivity contribution < 1.29 is 21.6 Å². The first-order valence-electron chi connectivity index (χ1n) is 8.15. The topological polar surface area (TPSA) is 97.4 Å². The van der Waals surface area contributed by atoms with E-state index in [0.717, 1.165) is 23.9 Å². The van der Waals surface area contributed by atoms with Crippen LogP contribution in [0.1, 0.15) is 24.8 Å². The van der Waals surface area contributed by atoms with E-state index in [0.29, 0.717) is 5.56 Å². The monoisotopic (exact) mass is 381 g/mol. The van der Waals surface area contributed by atoms with Crippen LogP contribution in [0.2, 0.25) is 0 Å². The second-order valence-electron chi connectivity index (χ2n) is 5.73. The molecule has 0 N–H and O–H groups in total. The molecule has 7 heteroatoms. The summed E-state index contributed by atoms with van der Waals surface area (Å²) in [5.74, 6) is 0.0513. The molecule has 1 fully saturated rings. The molecule has 0 aliphatic carbocycles. The van der Waals surface area contributed by atoms with Crippen LogP contribution in [0.5, 0.6) is 5.75 Å². The molecule has 1 heterocycles. The van der Waals surface area contributed by atoms with Gasteiger partial charge in [0.2, 0.25) is 0 Å². The maximum absolute atomic E-state index is 12.0. The zero-order chi connectivity index (χ0) is 17.2. The Kier molecular flexibility index (Phi) is 9.63. The van der Waals surface area contributed by atoms with Crippen molar-refractivity contribution in [2.45, 2.75) is 19.3 Å². The third-order valence-corrected chi connectivity index (χ3v) is 4.15. The van der Waals surface area contributed by atoms with E-state index in [1.54, 1.807) is 12.3 Å². The molecular weight excluding hydrogens is 361 g/mol. The molecule has 1 saturated heterocycles. The molecule has 3 rings (SSSR count). The van der Waals surface area contributed by atoms with Crippen molar-refractivity contribution in [3.8, 4) is 5.75 Å². The fraction of sp³-hybridized carbons (Fsp3) is 0.389. The Bertz CT molecular complexity index is 722. The Hall–Kier alpha value is -2.07. The molecule has 0 saturated carbocycles. The molecule has 1 aliphatic rings. The number of nitrogens with zero attached hydrogens (tertiary/aromatic N) is 5. The van der Waals surface area contributed by atoms with E-state index in [4.69, 9.17) is 11.1 Å². The Balaban J connectivity index is 0.000000730. The molecule has 0 spiro atoms. The molecule has 25 heavy (non-hydrogen) atoms.